The third-order valence-corrected chi connectivity index (χ3v) is 5.63. The number of thioether (sulfide) groups is 1. The van der Waals surface area contributed by atoms with Gasteiger partial charge in [-0.3, -0.25) is 0 Å². The number of alkyl halides is 1. The maximum absolute atomic E-state index is 5.47. The van der Waals surface area contributed by atoms with Crippen molar-refractivity contribution in [3.8, 4) is 0 Å². The van der Waals surface area contributed by atoms with Crippen LogP contribution in [0.15, 0.2) is 0 Å². The van der Waals surface area contributed by atoms with E-state index in [9.17, 15) is 0 Å². The maximum atomic E-state index is 5.47. The molecule has 2 heterocycles. The zero-order chi connectivity index (χ0) is 10.6. The van der Waals surface area contributed by atoms with E-state index in [0.717, 1.165) is 18.5 Å². The summed E-state index contributed by atoms with van der Waals surface area (Å²) in [5.74, 6) is 2.63. The standard InChI is InChI=1S/C11H20BrNOS/c12-9-11(1-5-14-6-2-11)10-13-3-7-15-8-4-13/h1-10H2. The maximum Gasteiger partial charge on any atom is 0.0472 e. The summed E-state index contributed by atoms with van der Waals surface area (Å²) in [6.45, 7) is 5.73. The van der Waals surface area contributed by atoms with E-state index >= 15 is 0 Å². The van der Waals surface area contributed by atoms with Crippen molar-refractivity contribution >= 4 is 27.7 Å². The van der Waals surface area contributed by atoms with Crippen molar-refractivity contribution in [2.75, 3.05) is 49.7 Å². The van der Waals surface area contributed by atoms with Crippen LogP contribution in [-0.2, 0) is 4.74 Å². The molecule has 15 heavy (non-hydrogen) atoms. The van der Waals surface area contributed by atoms with Gasteiger partial charge in [0.1, 0.15) is 0 Å². The van der Waals surface area contributed by atoms with E-state index < -0.39 is 0 Å². The first kappa shape index (κ1) is 12.2. The second kappa shape index (κ2) is 5.89. The predicted molar refractivity (Wildman–Crippen MR) is 70.0 cm³/mol. The molecular formula is C11H20BrNOS. The van der Waals surface area contributed by atoms with Gasteiger partial charge in [0.25, 0.3) is 0 Å². The quantitative estimate of drug-likeness (QED) is 0.741. The SMILES string of the molecule is BrCC1(CN2CCSCC2)CCOCC1. The summed E-state index contributed by atoms with van der Waals surface area (Å²) >= 11 is 5.80. The second-order valence-corrected chi connectivity index (χ2v) is 6.42. The molecule has 2 aliphatic rings. The van der Waals surface area contributed by atoms with Gasteiger partial charge in [0, 0.05) is 49.7 Å². The molecule has 0 aromatic rings. The highest BCUT2D eigenvalue weighted by atomic mass is 79.9. The van der Waals surface area contributed by atoms with Crippen LogP contribution in [0.1, 0.15) is 12.8 Å². The Morgan fingerprint density at radius 3 is 2.47 bits per heavy atom. The summed E-state index contributed by atoms with van der Waals surface area (Å²) in [6, 6.07) is 0. The number of hydrogen-bond donors (Lipinski definition) is 0. The van der Waals surface area contributed by atoms with Crippen molar-refractivity contribution in [2.45, 2.75) is 12.8 Å². The number of hydrogen-bond acceptors (Lipinski definition) is 3. The van der Waals surface area contributed by atoms with Gasteiger partial charge in [-0.2, -0.15) is 11.8 Å². The Balaban J connectivity index is 1.87. The lowest BCUT2D eigenvalue weighted by Gasteiger charge is -2.41. The summed E-state index contributed by atoms with van der Waals surface area (Å²) in [4.78, 5) is 2.64. The third-order valence-electron chi connectivity index (χ3n) is 3.50. The molecule has 0 radical (unpaired) electrons. The molecule has 4 heteroatoms. The Kier molecular flexibility index (Phi) is 4.80. The molecule has 0 bridgehead atoms. The first-order chi connectivity index (χ1) is 7.35. The fraction of sp³-hybridized carbons (Fsp3) is 1.00. The molecular weight excluding hydrogens is 274 g/mol. The minimum atomic E-state index is 0.486. The molecule has 88 valence electrons. The molecule has 2 saturated heterocycles. The molecule has 2 fully saturated rings. The van der Waals surface area contributed by atoms with Gasteiger partial charge in [0.2, 0.25) is 0 Å². The Labute approximate surface area is 105 Å². The minimum absolute atomic E-state index is 0.486. The summed E-state index contributed by atoms with van der Waals surface area (Å²) in [6.07, 6.45) is 2.45. The normalized spacial score (nSPS) is 27.8. The van der Waals surface area contributed by atoms with Gasteiger partial charge >= 0.3 is 0 Å². The molecule has 2 aliphatic heterocycles. The van der Waals surface area contributed by atoms with Crippen LogP contribution in [0, 0.1) is 5.41 Å². The fourth-order valence-corrected chi connectivity index (χ4v) is 4.09. The van der Waals surface area contributed by atoms with Gasteiger partial charge in [-0.05, 0) is 18.3 Å². The van der Waals surface area contributed by atoms with E-state index in [1.165, 1.54) is 44.0 Å². The van der Waals surface area contributed by atoms with Gasteiger partial charge in [-0.15, -0.1) is 0 Å². The molecule has 0 aromatic heterocycles. The molecule has 0 aromatic carbocycles. The van der Waals surface area contributed by atoms with E-state index in [4.69, 9.17) is 4.74 Å². The van der Waals surface area contributed by atoms with Gasteiger partial charge in [-0.25, -0.2) is 0 Å². The van der Waals surface area contributed by atoms with Crippen LogP contribution in [0.25, 0.3) is 0 Å². The van der Waals surface area contributed by atoms with Crippen LogP contribution in [0.5, 0.6) is 0 Å². The number of halogens is 1. The lowest BCUT2D eigenvalue weighted by molar-refractivity contribution is 0.00966. The monoisotopic (exact) mass is 293 g/mol. The molecule has 0 atom stereocenters. The fourth-order valence-electron chi connectivity index (χ4n) is 2.37. The van der Waals surface area contributed by atoms with E-state index in [-0.39, 0.29) is 0 Å². The van der Waals surface area contributed by atoms with E-state index in [2.05, 4.69) is 32.6 Å². The number of ether oxygens (including phenoxy) is 1. The zero-order valence-electron chi connectivity index (χ0n) is 9.21. The van der Waals surface area contributed by atoms with Gasteiger partial charge in [-0.1, -0.05) is 15.9 Å². The summed E-state index contributed by atoms with van der Waals surface area (Å²) < 4.78 is 5.47. The Morgan fingerprint density at radius 2 is 1.87 bits per heavy atom. The average Bonchev–Trinajstić information content (AvgIpc) is 2.32. The van der Waals surface area contributed by atoms with E-state index in [1.807, 2.05) is 0 Å². The first-order valence-electron chi connectivity index (χ1n) is 5.78. The smallest absolute Gasteiger partial charge is 0.0472 e. The minimum Gasteiger partial charge on any atom is -0.381 e. The van der Waals surface area contributed by atoms with Crippen LogP contribution in [0.3, 0.4) is 0 Å². The van der Waals surface area contributed by atoms with Crippen LogP contribution < -0.4 is 0 Å². The Hall–Kier alpha value is 0.750. The third kappa shape index (κ3) is 3.35. The molecule has 2 rings (SSSR count). The molecule has 0 saturated carbocycles. The predicted octanol–water partition coefficient (Wildman–Crippen LogP) is 2.23. The highest BCUT2D eigenvalue weighted by Crippen LogP contribution is 2.34. The van der Waals surface area contributed by atoms with Gasteiger partial charge in [0.15, 0.2) is 0 Å². The van der Waals surface area contributed by atoms with Crippen molar-refractivity contribution in [1.29, 1.82) is 0 Å². The summed E-state index contributed by atoms with van der Waals surface area (Å²) in [5, 5.41) is 1.13. The second-order valence-electron chi connectivity index (χ2n) is 4.63. The zero-order valence-corrected chi connectivity index (χ0v) is 11.6. The number of rotatable bonds is 3. The molecule has 2 nitrogen and oxygen atoms in total. The molecule has 0 unspecified atom stereocenters. The first-order valence-corrected chi connectivity index (χ1v) is 8.06. The highest BCUT2D eigenvalue weighted by Gasteiger charge is 2.33. The van der Waals surface area contributed by atoms with Crippen LogP contribution in [0.4, 0.5) is 0 Å². The summed E-state index contributed by atoms with van der Waals surface area (Å²) in [7, 11) is 0. The lowest BCUT2D eigenvalue weighted by Crippen LogP contribution is -2.45. The van der Waals surface area contributed by atoms with Crippen LogP contribution in [0.2, 0.25) is 0 Å². The van der Waals surface area contributed by atoms with Crippen molar-refractivity contribution in [3.05, 3.63) is 0 Å². The summed E-state index contributed by atoms with van der Waals surface area (Å²) in [5.41, 5.74) is 0.486. The Morgan fingerprint density at radius 1 is 1.20 bits per heavy atom. The van der Waals surface area contributed by atoms with Crippen LogP contribution >= 0.6 is 27.7 Å². The van der Waals surface area contributed by atoms with Crippen molar-refractivity contribution in [3.63, 3.8) is 0 Å². The van der Waals surface area contributed by atoms with Gasteiger partial charge < -0.3 is 9.64 Å². The molecule has 0 spiro atoms. The average molecular weight is 294 g/mol. The van der Waals surface area contributed by atoms with Crippen molar-refractivity contribution < 1.29 is 4.74 Å². The largest absolute Gasteiger partial charge is 0.381 e. The van der Waals surface area contributed by atoms with Gasteiger partial charge in [0.05, 0.1) is 0 Å². The molecule has 0 aliphatic carbocycles. The highest BCUT2D eigenvalue weighted by molar-refractivity contribution is 9.09. The Bertz CT molecular complexity index is 191. The molecule has 0 N–H and O–H groups in total. The van der Waals surface area contributed by atoms with Crippen LogP contribution in [-0.4, -0.2) is 54.6 Å². The topological polar surface area (TPSA) is 12.5 Å². The van der Waals surface area contributed by atoms with Crippen molar-refractivity contribution in [1.82, 2.24) is 4.90 Å². The number of nitrogens with zero attached hydrogens (tertiary/aromatic N) is 1. The van der Waals surface area contributed by atoms with Crippen molar-refractivity contribution in [2.24, 2.45) is 5.41 Å². The lowest BCUT2D eigenvalue weighted by atomic mass is 9.82. The van der Waals surface area contributed by atoms with E-state index in [0.29, 0.717) is 5.41 Å². The van der Waals surface area contributed by atoms with E-state index in [1.54, 1.807) is 0 Å². The molecule has 0 amide bonds.